The molecule has 1 fully saturated rings. The number of rotatable bonds is 6. The fraction of sp³-hybridized carbons (Fsp3) is 0.222. The summed E-state index contributed by atoms with van der Waals surface area (Å²) >= 11 is 0. The SMILES string of the molecule is COc1cc(C=O)ccc1-c1cc2nccc(-c3ccc(OC4CCOCC4)c(C#N)c3)c2o1. The number of fused-ring (bicyclic) bond motifs is 1. The highest BCUT2D eigenvalue weighted by molar-refractivity contribution is 5.93. The summed E-state index contributed by atoms with van der Waals surface area (Å²) in [7, 11) is 1.55. The van der Waals surface area contributed by atoms with Crippen molar-refractivity contribution in [1.29, 1.82) is 5.26 Å². The van der Waals surface area contributed by atoms with Gasteiger partial charge in [-0.15, -0.1) is 0 Å². The minimum Gasteiger partial charge on any atom is -0.496 e. The smallest absolute Gasteiger partial charge is 0.161 e. The number of methoxy groups -OCH3 is 1. The van der Waals surface area contributed by atoms with Crippen LogP contribution in [0.4, 0.5) is 0 Å². The lowest BCUT2D eigenvalue weighted by atomic mass is 10.0. The zero-order valence-corrected chi connectivity index (χ0v) is 18.6. The number of hydrogen-bond donors (Lipinski definition) is 0. The number of aldehydes is 1. The average Bonchev–Trinajstić information content (AvgIpc) is 3.33. The van der Waals surface area contributed by atoms with Gasteiger partial charge in [0.15, 0.2) is 5.58 Å². The molecule has 5 rings (SSSR count). The van der Waals surface area contributed by atoms with Gasteiger partial charge >= 0.3 is 0 Å². The molecule has 0 spiro atoms. The summed E-state index contributed by atoms with van der Waals surface area (Å²) in [6, 6.07) is 16.7. The maximum atomic E-state index is 11.1. The molecule has 1 aliphatic rings. The van der Waals surface area contributed by atoms with Crippen molar-refractivity contribution in [2.24, 2.45) is 0 Å². The first-order valence-electron chi connectivity index (χ1n) is 11.0. The normalized spacial score (nSPS) is 14.0. The van der Waals surface area contributed by atoms with Crippen LogP contribution in [0.5, 0.6) is 11.5 Å². The molecular formula is C27H22N2O5. The molecule has 0 N–H and O–H groups in total. The molecule has 0 aliphatic carbocycles. The van der Waals surface area contributed by atoms with Crippen LogP contribution in [-0.4, -0.2) is 37.7 Å². The number of nitriles is 1. The monoisotopic (exact) mass is 454 g/mol. The second-order valence-electron chi connectivity index (χ2n) is 8.01. The Balaban J connectivity index is 1.53. The van der Waals surface area contributed by atoms with Gasteiger partial charge in [0.05, 0.1) is 31.5 Å². The molecule has 3 heterocycles. The first kappa shape index (κ1) is 21.7. The van der Waals surface area contributed by atoms with Crippen molar-refractivity contribution in [3.8, 4) is 40.0 Å². The molecule has 2 aromatic heterocycles. The average molecular weight is 454 g/mol. The molecule has 7 nitrogen and oxygen atoms in total. The third-order valence-electron chi connectivity index (χ3n) is 5.91. The maximum absolute atomic E-state index is 11.1. The van der Waals surface area contributed by atoms with Crippen LogP contribution in [0.3, 0.4) is 0 Å². The topological polar surface area (TPSA) is 94.6 Å². The Bertz CT molecular complexity index is 1400. The Morgan fingerprint density at radius 1 is 1.06 bits per heavy atom. The van der Waals surface area contributed by atoms with Crippen molar-refractivity contribution < 1.29 is 23.4 Å². The van der Waals surface area contributed by atoms with E-state index >= 15 is 0 Å². The van der Waals surface area contributed by atoms with Crippen LogP contribution in [0.25, 0.3) is 33.6 Å². The van der Waals surface area contributed by atoms with Gasteiger partial charge in [-0.05, 0) is 35.9 Å². The van der Waals surface area contributed by atoms with Crippen LogP contribution < -0.4 is 9.47 Å². The Hall–Kier alpha value is -4.15. The van der Waals surface area contributed by atoms with Gasteiger partial charge in [-0.25, -0.2) is 0 Å². The quantitative estimate of drug-likeness (QED) is 0.359. The number of furan rings is 1. The highest BCUT2D eigenvalue weighted by Crippen LogP contribution is 2.38. The number of ether oxygens (including phenoxy) is 3. The predicted molar refractivity (Wildman–Crippen MR) is 126 cm³/mol. The van der Waals surface area contributed by atoms with Crippen LogP contribution in [-0.2, 0) is 4.74 Å². The molecule has 0 amide bonds. The summed E-state index contributed by atoms with van der Waals surface area (Å²) in [6.45, 7) is 1.34. The van der Waals surface area contributed by atoms with Crippen molar-refractivity contribution in [3.05, 3.63) is 65.9 Å². The van der Waals surface area contributed by atoms with Gasteiger partial charge in [0.1, 0.15) is 41.2 Å². The van der Waals surface area contributed by atoms with E-state index in [-0.39, 0.29) is 6.10 Å². The molecule has 1 aliphatic heterocycles. The van der Waals surface area contributed by atoms with Gasteiger partial charge in [-0.3, -0.25) is 9.78 Å². The fourth-order valence-electron chi connectivity index (χ4n) is 4.14. The van der Waals surface area contributed by atoms with E-state index in [1.54, 1.807) is 31.5 Å². The van der Waals surface area contributed by atoms with Crippen LogP contribution in [0.15, 0.2) is 59.1 Å². The molecule has 7 heteroatoms. The number of aromatic nitrogens is 1. The first-order valence-corrected chi connectivity index (χ1v) is 11.0. The third kappa shape index (κ3) is 4.12. The van der Waals surface area contributed by atoms with Gasteiger partial charge in [-0.2, -0.15) is 5.26 Å². The third-order valence-corrected chi connectivity index (χ3v) is 5.91. The van der Waals surface area contributed by atoms with Gasteiger partial charge in [0, 0.05) is 36.2 Å². The van der Waals surface area contributed by atoms with E-state index in [0.717, 1.165) is 35.8 Å². The summed E-state index contributed by atoms with van der Waals surface area (Å²) in [5.74, 6) is 1.68. The zero-order chi connectivity index (χ0) is 23.5. The minimum absolute atomic E-state index is 0.0487. The zero-order valence-electron chi connectivity index (χ0n) is 18.6. The predicted octanol–water partition coefficient (Wildman–Crippen LogP) is 5.41. The minimum atomic E-state index is 0.0487. The fourth-order valence-corrected chi connectivity index (χ4v) is 4.14. The van der Waals surface area contributed by atoms with E-state index < -0.39 is 0 Å². The van der Waals surface area contributed by atoms with E-state index in [9.17, 15) is 10.1 Å². The first-order chi connectivity index (χ1) is 16.7. The van der Waals surface area contributed by atoms with Crippen LogP contribution in [0, 0.1) is 11.3 Å². The van der Waals surface area contributed by atoms with Gasteiger partial charge in [-0.1, -0.05) is 12.1 Å². The summed E-state index contributed by atoms with van der Waals surface area (Å²) in [4.78, 5) is 15.6. The van der Waals surface area contributed by atoms with E-state index in [1.807, 2.05) is 30.3 Å². The lowest BCUT2D eigenvalue weighted by Gasteiger charge is -2.23. The molecule has 1 saturated heterocycles. The molecule has 0 radical (unpaired) electrons. The Labute approximate surface area is 196 Å². The molecular weight excluding hydrogens is 432 g/mol. The molecule has 4 aromatic rings. The molecule has 0 bridgehead atoms. The van der Waals surface area contributed by atoms with Crippen molar-refractivity contribution >= 4 is 17.4 Å². The molecule has 0 saturated carbocycles. The molecule has 2 aromatic carbocycles. The largest absolute Gasteiger partial charge is 0.496 e. The Kier molecular flexibility index (Phi) is 5.98. The van der Waals surface area contributed by atoms with Gasteiger partial charge < -0.3 is 18.6 Å². The number of pyridine rings is 1. The molecule has 34 heavy (non-hydrogen) atoms. The van der Waals surface area contributed by atoms with Gasteiger partial charge in [0.2, 0.25) is 0 Å². The van der Waals surface area contributed by atoms with Crippen LogP contribution >= 0.6 is 0 Å². The van der Waals surface area contributed by atoms with E-state index in [4.69, 9.17) is 18.6 Å². The van der Waals surface area contributed by atoms with Crippen molar-refractivity contribution in [2.75, 3.05) is 20.3 Å². The van der Waals surface area contributed by atoms with Crippen molar-refractivity contribution in [2.45, 2.75) is 18.9 Å². The second kappa shape index (κ2) is 9.38. The molecule has 0 atom stereocenters. The van der Waals surface area contributed by atoms with E-state index in [0.29, 0.717) is 52.7 Å². The number of benzene rings is 2. The van der Waals surface area contributed by atoms with Crippen LogP contribution in [0.1, 0.15) is 28.8 Å². The van der Waals surface area contributed by atoms with Crippen molar-refractivity contribution in [1.82, 2.24) is 4.98 Å². The summed E-state index contributed by atoms with van der Waals surface area (Å²) in [5.41, 5.74) is 4.61. The molecule has 170 valence electrons. The number of carbonyl (C=O) groups is 1. The maximum Gasteiger partial charge on any atom is 0.161 e. The lowest BCUT2D eigenvalue weighted by Crippen LogP contribution is -2.26. The van der Waals surface area contributed by atoms with Gasteiger partial charge in [0.25, 0.3) is 0 Å². The molecule has 0 unspecified atom stereocenters. The number of hydrogen-bond acceptors (Lipinski definition) is 7. The Morgan fingerprint density at radius 2 is 1.91 bits per heavy atom. The number of nitrogens with zero attached hydrogens (tertiary/aromatic N) is 2. The lowest BCUT2D eigenvalue weighted by molar-refractivity contribution is 0.0254. The van der Waals surface area contributed by atoms with E-state index in [2.05, 4.69) is 11.1 Å². The van der Waals surface area contributed by atoms with Crippen molar-refractivity contribution in [3.63, 3.8) is 0 Å². The van der Waals surface area contributed by atoms with E-state index in [1.165, 1.54) is 0 Å². The second-order valence-corrected chi connectivity index (χ2v) is 8.01. The standard InChI is InChI=1S/C27H22N2O5/c1-31-25-12-17(16-30)2-4-22(25)26-14-23-27(34-26)21(6-9-29-23)18-3-5-24(19(13-18)15-28)33-20-7-10-32-11-8-20/h2-6,9,12-14,16,20H,7-8,10-11H2,1H3. The summed E-state index contributed by atoms with van der Waals surface area (Å²) in [5, 5.41) is 9.76. The summed E-state index contributed by atoms with van der Waals surface area (Å²) in [6.07, 6.45) is 4.15. The highest BCUT2D eigenvalue weighted by atomic mass is 16.5. The number of carbonyl (C=O) groups excluding carboxylic acids is 1. The highest BCUT2D eigenvalue weighted by Gasteiger charge is 2.19. The summed E-state index contributed by atoms with van der Waals surface area (Å²) < 4.78 is 23.2. The Morgan fingerprint density at radius 3 is 2.68 bits per heavy atom. The van der Waals surface area contributed by atoms with Crippen LogP contribution in [0.2, 0.25) is 0 Å².